The van der Waals surface area contributed by atoms with E-state index in [-0.39, 0.29) is 0 Å². The van der Waals surface area contributed by atoms with Gasteiger partial charge in [-0.15, -0.1) is 0 Å². The average Bonchev–Trinajstić information content (AvgIpc) is 2.44. The van der Waals surface area contributed by atoms with Gasteiger partial charge >= 0.3 is 0 Å². The number of ether oxygens (including phenoxy) is 1. The van der Waals surface area contributed by atoms with E-state index in [2.05, 4.69) is 20.9 Å². The fraction of sp³-hybridized carbons (Fsp3) is 0. The molecular formula is C15H9BrClNO. The molecule has 2 aromatic carbocycles. The first-order valence-electron chi connectivity index (χ1n) is 5.70. The predicted molar refractivity (Wildman–Crippen MR) is 81.0 cm³/mol. The lowest BCUT2D eigenvalue weighted by Gasteiger charge is -2.10. The molecule has 0 saturated heterocycles. The third kappa shape index (κ3) is 2.44. The summed E-state index contributed by atoms with van der Waals surface area (Å²) in [6, 6.07) is 13.4. The van der Waals surface area contributed by atoms with Crippen molar-refractivity contribution >= 4 is 38.3 Å². The minimum Gasteiger partial charge on any atom is -0.455 e. The van der Waals surface area contributed by atoms with Crippen molar-refractivity contribution < 1.29 is 4.74 Å². The number of pyridine rings is 1. The molecule has 19 heavy (non-hydrogen) atoms. The quantitative estimate of drug-likeness (QED) is 0.622. The molecule has 1 heterocycles. The van der Waals surface area contributed by atoms with E-state index >= 15 is 0 Å². The number of aromatic nitrogens is 1. The van der Waals surface area contributed by atoms with Crippen LogP contribution in [-0.4, -0.2) is 4.98 Å². The van der Waals surface area contributed by atoms with Gasteiger partial charge in [-0.05, 0) is 28.1 Å². The smallest absolute Gasteiger partial charge is 0.144 e. The van der Waals surface area contributed by atoms with Gasteiger partial charge in [-0.2, -0.15) is 0 Å². The second-order valence-electron chi connectivity index (χ2n) is 4.00. The lowest BCUT2D eigenvalue weighted by atomic mass is 10.1. The van der Waals surface area contributed by atoms with Crippen molar-refractivity contribution in [3.63, 3.8) is 0 Å². The van der Waals surface area contributed by atoms with E-state index in [1.807, 2.05) is 42.5 Å². The lowest BCUT2D eigenvalue weighted by Crippen LogP contribution is -1.88. The molecule has 0 atom stereocenters. The number of hydrogen-bond donors (Lipinski definition) is 0. The molecule has 0 spiro atoms. The minimum absolute atomic E-state index is 0.719. The predicted octanol–water partition coefficient (Wildman–Crippen LogP) is 5.44. The van der Waals surface area contributed by atoms with Crippen LogP contribution in [0.25, 0.3) is 10.8 Å². The van der Waals surface area contributed by atoms with Crippen LogP contribution in [-0.2, 0) is 0 Å². The highest BCUT2D eigenvalue weighted by atomic mass is 79.9. The second-order valence-corrected chi connectivity index (χ2v) is 5.26. The normalized spacial score (nSPS) is 10.6. The Balaban J connectivity index is 2.12. The summed E-state index contributed by atoms with van der Waals surface area (Å²) in [4.78, 5) is 4.01. The van der Waals surface area contributed by atoms with Gasteiger partial charge in [0, 0.05) is 34.3 Å². The Morgan fingerprint density at radius 3 is 2.53 bits per heavy atom. The Hall–Kier alpha value is -1.58. The van der Waals surface area contributed by atoms with Gasteiger partial charge in [-0.1, -0.05) is 35.9 Å². The maximum absolute atomic E-state index is 6.19. The molecule has 1 aromatic heterocycles. The summed E-state index contributed by atoms with van der Waals surface area (Å²) in [7, 11) is 0. The first-order valence-corrected chi connectivity index (χ1v) is 6.87. The molecule has 0 fully saturated rings. The maximum atomic E-state index is 6.19. The van der Waals surface area contributed by atoms with Crippen molar-refractivity contribution in [1.29, 1.82) is 0 Å². The molecule has 0 aliphatic heterocycles. The SMILES string of the molecule is Clc1ccc(Oc2ccncc2Br)c2ccccc12. The van der Waals surface area contributed by atoms with Crippen LogP contribution in [0, 0.1) is 0 Å². The van der Waals surface area contributed by atoms with Crippen LogP contribution < -0.4 is 4.74 Å². The Bertz CT molecular complexity index is 745. The molecule has 0 N–H and O–H groups in total. The molecule has 0 amide bonds. The van der Waals surface area contributed by atoms with Gasteiger partial charge in [0.2, 0.25) is 0 Å². The lowest BCUT2D eigenvalue weighted by molar-refractivity contribution is 0.484. The molecule has 0 saturated carbocycles. The molecule has 0 unspecified atom stereocenters. The van der Waals surface area contributed by atoms with Crippen molar-refractivity contribution in [1.82, 2.24) is 4.98 Å². The minimum atomic E-state index is 0.719. The Labute approximate surface area is 124 Å². The number of hydrogen-bond acceptors (Lipinski definition) is 2. The average molecular weight is 335 g/mol. The highest BCUT2D eigenvalue weighted by Gasteiger charge is 2.08. The molecule has 3 aromatic rings. The molecule has 2 nitrogen and oxygen atoms in total. The highest BCUT2D eigenvalue weighted by molar-refractivity contribution is 9.10. The summed E-state index contributed by atoms with van der Waals surface area (Å²) in [5.74, 6) is 1.49. The molecular weight excluding hydrogens is 326 g/mol. The topological polar surface area (TPSA) is 22.1 Å². The van der Waals surface area contributed by atoms with Crippen molar-refractivity contribution in [2.45, 2.75) is 0 Å². The number of nitrogens with zero attached hydrogens (tertiary/aromatic N) is 1. The standard InChI is InChI=1S/C15H9BrClNO/c16-12-9-18-8-7-15(12)19-14-6-5-13(17)10-3-1-2-4-11(10)14/h1-9H. The Morgan fingerprint density at radius 1 is 0.947 bits per heavy atom. The first kappa shape index (κ1) is 12.5. The summed E-state index contributed by atoms with van der Waals surface area (Å²) < 4.78 is 6.75. The third-order valence-corrected chi connectivity index (χ3v) is 3.71. The van der Waals surface area contributed by atoms with Crippen LogP contribution >= 0.6 is 27.5 Å². The van der Waals surface area contributed by atoms with Crippen molar-refractivity contribution in [2.75, 3.05) is 0 Å². The van der Waals surface area contributed by atoms with Gasteiger partial charge in [-0.25, -0.2) is 0 Å². The van der Waals surface area contributed by atoms with Gasteiger partial charge in [0.25, 0.3) is 0 Å². The maximum Gasteiger partial charge on any atom is 0.144 e. The molecule has 0 aliphatic carbocycles. The summed E-state index contributed by atoms with van der Waals surface area (Å²) in [6.45, 7) is 0. The van der Waals surface area contributed by atoms with E-state index in [1.165, 1.54) is 0 Å². The fourth-order valence-electron chi connectivity index (χ4n) is 1.89. The van der Waals surface area contributed by atoms with E-state index in [1.54, 1.807) is 12.4 Å². The zero-order valence-electron chi connectivity index (χ0n) is 9.81. The van der Waals surface area contributed by atoms with Gasteiger partial charge in [0.15, 0.2) is 0 Å². The number of benzene rings is 2. The first-order chi connectivity index (χ1) is 9.25. The van der Waals surface area contributed by atoms with Gasteiger partial charge < -0.3 is 4.74 Å². The number of fused-ring (bicyclic) bond motifs is 1. The van der Waals surface area contributed by atoms with Crippen LogP contribution in [0.15, 0.2) is 59.3 Å². The second kappa shape index (κ2) is 5.19. The van der Waals surface area contributed by atoms with E-state index < -0.39 is 0 Å². The van der Waals surface area contributed by atoms with Gasteiger partial charge in [0.05, 0.1) is 4.47 Å². The molecule has 0 bridgehead atoms. The molecule has 0 aliphatic rings. The highest BCUT2D eigenvalue weighted by Crippen LogP contribution is 2.35. The van der Waals surface area contributed by atoms with Crippen molar-refractivity contribution in [2.24, 2.45) is 0 Å². The molecule has 94 valence electrons. The summed E-state index contributed by atoms with van der Waals surface area (Å²) in [5.41, 5.74) is 0. The fourth-order valence-corrected chi connectivity index (χ4v) is 2.45. The van der Waals surface area contributed by atoms with Crippen LogP contribution in [0.1, 0.15) is 0 Å². The van der Waals surface area contributed by atoms with Crippen molar-refractivity contribution in [3.8, 4) is 11.5 Å². The zero-order chi connectivity index (χ0) is 13.2. The van der Waals surface area contributed by atoms with Crippen molar-refractivity contribution in [3.05, 3.63) is 64.4 Å². The monoisotopic (exact) mass is 333 g/mol. The molecule has 0 radical (unpaired) electrons. The van der Waals surface area contributed by atoms with Crippen LogP contribution in [0.5, 0.6) is 11.5 Å². The largest absolute Gasteiger partial charge is 0.455 e. The van der Waals surface area contributed by atoms with E-state index in [0.29, 0.717) is 0 Å². The summed E-state index contributed by atoms with van der Waals surface area (Å²) >= 11 is 9.61. The third-order valence-electron chi connectivity index (χ3n) is 2.79. The van der Waals surface area contributed by atoms with E-state index in [4.69, 9.17) is 16.3 Å². The van der Waals surface area contributed by atoms with Crippen LogP contribution in [0.3, 0.4) is 0 Å². The van der Waals surface area contributed by atoms with Gasteiger partial charge in [0.1, 0.15) is 11.5 Å². The van der Waals surface area contributed by atoms with Crippen LogP contribution in [0.2, 0.25) is 5.02 Å². The molecule has 4 heteroatoms. The van der Waals surface area contributed by atoms with E-state index in [9.17, 15) is 0 Å². The summed E-state index contributed by atoms with van der Waals surface area (Å²) in [6.07, 6.45) is 3.39. The Kier molecular flexibility index (Phi) is 3.40. The number of rotatable bonds is 2. The summed E-state index contributed by atoms with van der Waals surface area (Å²) in [5, 5.41) is 2.68. The van der Waals surface area contributed by atoms with E-state index in [0.717, 1.165) is 31.8 Å². The number of halogens is 2. The zero-order valence-corrected chi connectivity index (χ0v) is 12.1. The molecule has 3 rings (SSSR count). The van der Waals surface area contributed by atoms with Crippen LogP contribution in [0.4, 0.5) is 0 Å². The van der Waals surface area contributed by atoms with Gasteiger partial charge in [-0.3, -0.25) is 4.98 Å². The Morgan fingerprint density at radius 2 is 1.74 bits per heavy atom.